The van der Waals surface area contributed by atoms with Gasteiger partial charge in [-0.3, -0.25) is 5.41 Å². The number of hydrogen-bond donors (Lipinski definition) is 2. The quantitative estimate of drug-likeness (QED) is 0.389. The van der Waals surface area contributed by atoms with Crippen LogP contribution < -0.4 is 5.73 Å². The smallest absolute Gasteiger partial charge is 0.139 e. The maximum atomic E-state index is 13.9. The molecule has 0 radical (unpaired) electrons. The molecule has 0 heterocycles. The molecule has 0 unspecified atom stereocenters. The molecule has 1 rings (SSSR count). The summed E-state index contributed by atoms with van der Waals surface area (Å²) >= 11 is 0. The number of halogens is 1. The summed E-state index contributed by atoms with van der Waals surface area (Å²) < 4.78 is 29.4. The fraction of sp³-hybridized carbons (Fsp3) is 0.500. The van der Waals surface area contributed by atoms with E-state index in [9.17, 15) is 4.39 Å². The summed E-state index contributed by atoms with van der Waals surface area (Å²) in [5.74, 6) is -0.771. The summed E-state index contributed by atoms with van der Waals surface area (Å²) in [5.41, 5.74) is 5.80. The van der Waals surface area contributed by atoms with Crippen molar-refractivity contribution in [3.8, 4) is 0 Å². The Hall–Kier alpha value is -1.50. The summed E-state index contributed by atoms with van der Waals surface area (Å²) in [4.78, 5) is 0. The molecule has 3 N–H and O–H groups in total. The fourth-order valence-electron chi connectivity index (χ4n) is 1.59. The van der Waals surface area contributed by atoms with Crippen molar-refractivity contribution in [3.05, 3.63) is 35.1 Å². The summed E-state index contributed by atoms with van der Waals surface area (Å²) in [5, 5.41) is 7.27. The minimum atomic E-state index is -0.489. The molecule has 0 aliphatic rings. The predicted octanol–water partition coefficient (Wildman–Crippen LogP) is 1.68. The Labute approximate surface area is 118 Å². The molecule has 0 fully saturated rings. The molecule has 0 amide bonds. The average molecular weight is 284 g/mol. The third-order valence-corrected chi connectivity index (χ3v) is 2.64. The van der Waals surface area contributed by atoms with Crippen molar-refractivity contribution in [2.75, 3.05) is 33.5 Å². The fourth-order valence-corrected chi connectivity index (χ4v) is 1.59. The van der Waals surface area contributed by atoms with Gasteiger partial charge in [-0.1, -0.05) is 12.1 Å². The van der Waals surface area contributed by atoms with Crippen molar-refractivity contribution >= 4 is 5.84 Å². The number of nitrogen functional groups attached to an aromatic ring is 1. The van der Waals surface area contributed by atoms with Crippen LogP contribution in [0.15, 0.2) is 18.2 Å². The molecule has 6 heteroatoms. The van der Waals surface area contributed by atoms with E-state index in [4.69, 9.17) is 25.4 Å². The topological polar surface area (TPSA) is 77.6 Å². The van der Waals surface area contributed by atoms with Crippen LogP contribution in [-0.2, 0) is 20.8 Å². The van der Waals surface area contributed by atoms with E-state index in [1.54, 1.807) is 19.2 Å². The predicted molar refractivity (Wildman–Crippen MR) is 74.4 cm³/mol. The molecular weight excluding hydrogens is 263 g/mol. The number of nitrogens with one attached hydrogen (secondary N) is 1. The lowest BCUT2D eigenvalue weighted by molar-refractivity contribution is 0.0479. The number of hydrogen-bond acceptors (Lipinski definition) is 4. The van der Waals surface area contributed by atoms with Crippen molar-refractivity contribution in [1.82, 2.24) is 0 Å². The molecule has 1 aromatic rings. The van der Waals surface area contributed by atoms with Crippen LogP contribution in [0.3, 0.4) is 0 Å². The molecule has 0 saturated carbocycles. The van der Waals surface area contributed by atoms with E-state index >= 15 is 0 Å². The van der Waals surface area contributed by atoms with Gasteiger partial charge in [0.2, 0.25) is 0 Å². The second-order valence-electron chi connectivity index (χ2n) is 4.20. The Morgan fingerprint density at radius 3 is 2.65 bits per heavy atom. The van der Waals surface area contributed by atoms with Crippen LogP contribution in [0, 0.1) is 11.2 Å². The number of rotatable bonds is 10. The van der Waals surface area contributed by atoms with Crippen LogP contribution in [0.4, 0.5) is 4.39 Å². The molecule has 0 saturated heterocycles. The molecule has 112 valence electrons. The monoisotopic (exact) mass is 284 g/mol. The summed E-state index contributed by atoms with van der Waals surface area (Å²) in [6, 6.07) is 4.76. The van der Waals surface area contributed by atoms with Gasteiger partial charge in [-0.15, -0.1) is 0 Å². The second kappa shape index (κ2) is 9.41. The molecule has 1 aromatic carbocycles. The van der Waals surface area contributed by atoms with Gasteiger partial charge >= 0.3 is 0 Å². The van der Waals surface area contributed by atoms with E-state index in [1.807, 2.05) is 0 Å². The zero-order valence-corrected chi connectivity index (χ0v) is 11.7. The highest BCUT2D eigenvalue weighted by Crippen LogP contribution is 2.13. The molecule has 0 spiro atoms. The zero-order valence-electron chi connectivity index (χ0n) is 11.7. The number of ether oxygens (including phenoxy) is 3. The average Bonchev–Trinajstić information content (AvgIpc) is 2.43. The maximum Gasteiger partial charge on any atom is 0.139 e. The molecule has 0 aliphatic carbocycles. The zero-order chi connectivity index (χ0) is 14.8. The van der Waals surface area contributed by atoms with Crippen LogP contribution in [0.1, 0.15) is 17.5 Å². The van der Waals surface area contributed by atoms with E-state index in [0.29, 0.717) is 32.0 Å². The van der Waals surface area contributed by atoms with Crippen molar-refractivity contribution in [3.63, 3.8) is 0 Å². The lowest BCUT2D eigenvalue weighted by Crippen LogP contribution is -2.14. The Balaban J connectivity index is 2.25. The van der Waals surface area contributed by atoms with Gasteiger partial charge in [0, 0.05) is 25.9 Å². The largest absolute Gasteiger partial charge is 0.384 e. The lowest BCUT2D eigenvalue weighted by Gasteiger charge is -2.08. The molecule has 0 atom stereocenters. The van der Waals surface area contributed by atoms with Crippen molar-refractivity contribution in [2.24, 2.45) is 5.73 Å². The third-order valence-electron chi connectivity index (χ3n) is 2.64. The second-order valence-corrected chi connectivity index (χ2v) is 4.20. The highest BCUT2D eigenvalue weighted by molar-refractivity contribution is 5.95. The van der Waals surface area contributed by atoms with E-state index in [2.05, 4.69) is 0 Å². The minimum Gasteiger partial charge on any atom is -0.384 e. The van der Waals surface area contributed by atoms with Gasteiger partial charge in [0.05, 0.1) is 25.4 Å². The van der Waals surface area contributed by atoms with Gasteiger partial charge in [0.1, 0.15) is 11.7 Å². The van der Waals surface area contributed by atoms with Gasteiger partial charge in [0.15, 0.2) is 0 Å². The molecule has 5 nitrogen and oxygen atoms in total. The van der Waals surface area contributed by atoms with Crippen molar-refractivity contribution in [1.29, 1.82) is 5.41 Å². The molecule has 0 aliphatic heterocycles. The first kappa shape index (κ1) is 16.6. The van der Waals surface area contributed by atoms with E-state index in [1.165, 1.54) is 6.07 Å². The van der Waals surface area contributed by atoms with Gasteiger partial charge < -0.3 is 19.9 Å². The maximum absolute atomic E-state index is 13.9. The van der Waals surface area contributed by atoms with Crippen LogP contribution in [0.25, 0.3) is 0 Å². The summed E-state index contributed by atoms with van der Waals surface area (Å²) in [6.45, 7) is 2.36. The first-order valence-corrected chi connectivity index (χ1v) is 6.43. The SMILES string of the molecule is COCCOCCCOCc1cccc(C(=N)N)c1F. The highest BCUT2D eigenvalue weighted by atomic mass is 19.1. The lowest BCUT2D eigenvalue weighted by atomic mass is 10.1. The van der Waals surface area contributed by atoms with Gasteiger partial charge in [0.25, 0.3) is 0 Å². The highest BCUT2D eigenvalue weighted by Gasteiger charge is 2.09. The normalized spacial score (nSPS) is 10.7. The van der Waals surface area contributed by atoms with Crippen LogP contribution in [0.5, 0.6) is 0 Å². The van der Waals surface area contributed by atoms with Crippen LogP contribution in [-0.4, -0.2) is 39.4 Å². The summed E-state index contributed by atoms with van der Waals surface area (Å²) in [6.07, 6.45) is 0.734. The van der Waals surface area contributed by atoms with Crippen LogP contribution in [0.2, 0.25) is 0 Å². The molecule has 0 aromatic heterocycles. The van der Waals surface area contributed by atoms with Gasteiger partial charge in [-0.05, 0) is 12.5 Å². The Kier molecular flexibility index (Phi) is 7.79. The van der Waals surface area contributed by atoms with Gasteiger partial charge in [-0.25, -0.2) is 4.39 Å². The number of amidine groups is 1. The first-order valence-electron chi connectivity index (χ1n) is 6.43. The van der Waals surface area contributed by atoms with E-state index < -0.39 is 5.82 Å². The van der Waals surface area contributed by atoms with Crippen molar-refractivity contribution in [2.45, 2.75) is 13.0 Å². The third kappa shape index (κ3) is 5.64. The van der Waals surface area contributed by atoms with Crippen molar-refractivity contribution < 1.29 is 18.6 Å². The number of nitrogens with two attached hydrogens (primary N) is 1. The number of methoxy groups -OCH3 is 1. The Morgan fingerprint density at radius 1 is 1.20 bits per heavy atom. The van der Waals surface area contributed by atoms with Gasteiger partial charge in [-0.2, -0.15) is 0 Å². The van der Waals surface area contributed by atoms with Crippen LogP contribution >= 0.6 is 0 Å². The standard InChI is InChI=1S/C14H21FN2O3/c1-18-8-9-19-6-3-7-20-10-11-4-2-5-12(13(11)15)14(16)17/h2,4-5H,3,6-10H2,1H3,(H3,16,17). The minimum absolute atomic E-state index is 0.106. The first-order chi connectivity index (χ1) is 9.66. The molecular formula is C14H21FN2O3. The number of benzene rings is 1. The van der Waals surface area contributed by atoms with E-state index in [-0.39, 0.29) is 18.0 Å². The molecule has 20 heavy (non-hydrogen) atoms. The Morgan fingerprint density at radius 2 is 1.95 bits per heavy atom. The van der Waals surface area contributed by atoms with E-state index in [0.717, 1.165) is 6.42 Å². The molecule has 0 bridgehead atoms. The summed E-state index contributed by atoms with van der Waals surface area (Å²) in [7, 11) is 1.62. The Bertz CT molecular complexity index is 427.